The Labute approximate surface area is 218 Å². The number of hydrogen-bond acceptors (Lipinski definition) is 9. The molecule has 0 bridgehead atoms. The molecule has 2 aromatic heterocycles. The highest BCUT2D eigenvalue weighted by molar-refractivity contribution is 9.10. The summed E-state index contributed by atoms with van der Waals surface area (Å²) >= 11 is 8.24. The maximum Gasteiger partial charge on any atom is 0.325 e. The highest BCUT2D eigenvalue weighted by Gasteiger charge is 2.09. The molecule has 0 aliphatic carbocycles. The second-order valence-electron chi connectivity index (χ2n) is 7.19. The zero-order chi connectivity index (χ0) is 23.8. The van der Waals surface area contributed by atoms with Crippen molar-refractivity contribution >= 4 is 78.0 Å². The van der Waals surface area contributed by atoms with Gasteiger partial charge in [-0.1, -0.05) is 56.3 Å². The third-order valence-corrected chi connectivity index (χ3v) is 7.79. The zero-order valence-corrected chi connectivity index (χ0v) is 22.3. The molecule has 0 aliphatic heterocycles. The van der Waals surface area contributed by atoms with Gasteiger partial charge in [-0.25, -0.2) is 4.79 Å². The highest BCUT2D eigenvalue weighted by Crippen LogP contribution is 2.23. The fourth-order valence-electron chi connectivity index (χ4n) is 2.78. The average molecular weight is 577 g/mol. The number of rotatable bonds is 10. The first-order valence-electron chi connectivity index (χ1n) is 10.4. The Bertz CT molecular complexity index is 1210. The molecule has 2 amide bonds. The lowest BCUT2D eigenvalue weighted by Gasteiger charge is -2.05. The first-order valence-corrected chi connectivity index (χ1v) is 14.0. The molecule has 34 heavy (non-hydrogen) atoms. The molecule has 2 aromatic carbocycles. The Morgan fingerprint density at radius 1 is 0.824 bits per heavy atom. The van der Waals surface area contributed by atoms with Gasteiger partial charge in [-0.3, -0.25) is 5.32 Å². The van der Waals surface area contributed by atoms with Crippen LogP contribution in [-0.2, 0) is 12.8 Å². The van der Waals surface area contributed by atoms with Crippen LogP contribution >= 0.6 is 50.4 Å². The van der Waals surface area contributed by atoms with Crippen LogP contribution in [0.4, 0.5) is 26.4 Å². The maximum atomic E-state index is 12.1. The lowest BCUT2D eigenvalue weighted by molar-refractivity contribution is 0.262. The maximum absolute atomic E-state index is 12.1. The molecule has 8 nitrogen and oxygen atoms in total. The summed E-state index contributed by atoms with van der Waals surface area (Å²) in [5, 5.41) is 28.7. The molecule has 0 spiro atoms. The van der Waals surface area contributed by atoms with Crippen molar-refractivity contribution in [2.24, 2.45) is 0 Å². The second kappa shape index (κ2) is 12.2. The van der Waals surface area contributed by atoms with Crippen molar-refractivity contribution in [3.63, 3.8) is 0 Å². The summed E-state index contributed by atoms with van der Waals surface area (Å²) < 4.78 is 1.04. The van der Waals surface area contributed by atoms with Crippen molar-refractivity contribution in [1.29, 1.82) is 0 Å². The third kappa shape index (κ3) is 7.76. The standard InChI is InChI=1S/C22H22BrN7OS3/c1-14-2-6-16(7-3-14)24-20(31)26-22-30-28-19(34-22)11-13-32-12-10-18-27-29-21(33-18)25-17-8-4-15(23)5-9-17/h2-9H,10-13H2,1H3,(H,25,29)(H2,24,26,30,31). The first-order chi connectivity index (χ1) is 16.5. The monoisotopic (exact) mass is 575 g/mol. The molecule has 176 valence electrons. The minimum Gasteiger partial charge on any atom is -0.330 e. The number of benzene rings is 2. The van der Waals surface area contributed by atoms with Crippen molar-refractivity contribution in [3.05, 3.63) is 68.6 Å². The van der Waals surface area contributed by atoms with Gasteiger partial charge in [0.1, 0.15) is 10.0 Å². The molecule has 0 aliphatic rings. The van der Waals surface area contributed by atoms with E-state index in [1.54, 1.807) is 11.3 Å². The van der Waals surface area contributed by atoms with Gasteiger partial charge in [0.25, 0.3) is 0 Å². The minimum absolute atomic E-state index is 0.327. The number of thioether (sulfide) groups is 1. The molecular formula is C22H22BrN7OS3. The van der Waals surface area contributed by atoms with E-state index in [1.807, 2.05) is 67.2 Å². The molecule has 0 fully saturated rings. The first kappa shape index (κ1) is 24.6. The van der Waals surface area contributed by atoms with Crippen LogP contribution in [0.25, 0.3) is 0 Å². The van der Waals surface area contributed by atoms with Crippen LogP contribution in [0, 0.1) is 6.92 Å². The number of aryl methyl sites for hydroxylation is 3. The fourth-order valence-corrected chi connectivity index (χ4v) is 5.68. The molecule has 0 atom stereocenters. The van der Waals surface area contributed by atoms with E-state index in [9.17, 15) is 4.79 Å². The zero-order valence-electron chi connectivity index (χ0n) is 18.2. The Hall–Kier alpha value is -2.54. The van der Waals surface area contributed by atoms with E-state index >= 15 is 0 Å². The van der Waals surface area contributed by atoms with E-state index in [4.69, 9.17) is 0 Å². The van der Waals surface area contributed by atoms with Crippen LogP contribution < -0.4 is 16.0 Å². The van der Waals surface area contributed by atoms with Gasteiger partial charge in [-0.05, 0) is 54.8 Å². The van der Waals surface area contributed by atoms with Crippen molar-refractivity contribution in [3.8, 4) is 0 Å². The van der Waals surface area contributed by atoms with Crippen LogP contribution in [0.2, 0.25) is 0 Å². The third-order valence-electron chi connectivity index (χ3n) is 4.48. The summed E-state index contributed by atoms with van der Waals surface area (Å²) in [5.41, 5.74) is 2.86. The van der Waals surface area contributed by atoms with E-state index in [-0.39, 0.29) is 6.03 Å². The lowest BCUT2D eigenvalue weighted by atomic mass is 10.2. The number of carbonyl (C=O) groups is 1. The van der Waals surface area contributed by atoms with Crippen molar-refractivity contribution in [2.75, 3.05) is 27.5 Å². The predicted octanol–water partition coefficient (Wildman–Crippen LogP) is 6.37. The van der Waals surface area contributed by atoms with Gasteiger partial charge >= 0.3 is 6.03 Å². The van der Waals surface area contributed by atoms with Gasteiger partial charge in [0.05, 0.1) is 0 Å². The molecule has 3 N–H and O–H groups in total. The van der Waals surface area contributed by atoms with Gasteiger partial charge in [0, 0.05) is 28.7 Å². The van der Waals surface area contributed by atoms with Gasteiger partial charge < -0.3 is 10.6 Å². The Morgan fingerprint density at radius 2 is 1.41 bits per heavy atom. The van der Waals surface area contributed by atoms with E-state index in [2.05, 4.69) is 52.3 Å². The SMILES string of the molecule is Cc1ccc(NC(=O)Nc2nnc(CCSCCc3nnc(Nc4ccc(Br)cc4)s3)s2)cc1. The summed E-state index contributed by atoms with van der Waals surface area (Å²) in [6.07, 6.45) is 1.67. The number of hydrogen-bond donors (Lipinski definition) is 3. The van der Waals surface area contributed by atoms with Gasteiger partial charge in [0.2, 0.25) is 10.3 Å². The number of carbonyl (C=O) groups excluding carboxylic acids is 1. The quantitative estimate of drug-likeness (QED) is 0.189. The smallest absolute Gasteiger partial charge is 0.325 e. The largest absolute Gasteiger partial charge is 0.330 e. The number of halogens is 1. The fraction of sp³-hybridized carbons (Fsp3) is 0.227. The van der Waals surface area contributed by atoms with Crippen molar-refractivity contribution in [2.45, 2.75) is 19.8 Å². The van der Waals surface area contributed by atoms with Crippen LogP contribution in [-0.4, -0.2) is 37.9 Å². The summed E-state index contributed by atoms with van der Waals surface area (Å²) in [5.74, 6) is 1.88. The van der Waals surface area contributed by atoms with Gasteiger partial charge in [0.15, 0.2) is 0 Å². The normalized spacial score (nSPS) is 10.8. The minimum atomic E-state index is -0.327. The van der Waals surface area contributed by atoms with E-state index in [0.29, 0.717) is 5.13 Å². The lowest BCUT2D eigenvalue weighted by Crippen LogP contribution is -2.19. The van der Waals surface area contributed by atoms with Crippen LogP contribution in [0.1, 0.15) is 15.6 Å². The molecule has 12 heteroatoms. The van der Waals surface area contributed by atoms with E-state index in [1.165, 1.54) is 11.3 Å². The van der Waals surface area contributed by atoms with Gasteiger partial charge in [-0.2, -0.15) is 11.8 Å². The molecule has 0 saturated carbocycles. The number of urea groups is 1. The summed E-state index contributed by atoms with van der Waals surface area (Å²) in [6, 6.07) is 15.2. The number of nitrogens with zero attached hydrogens (tertiary/aromatic N) is 4. The molecule has 0 unspecified atom stereocenters. The Kier molecular flexibility index (Phi) is 8.85. The second-order valence-corrected chi connectivity index (χ2v) is 11.5. The molecule has 4 aromatic rings. The van der Waals surface area contributed by atoms with Crippen molar-refractivity contribution in [1.82, 2.24) is 20.4 Å². The molecule has 0 saturated heterocycles. The van der Waals surface area contributed by atoms with Gasteiger partial charge in [-0.15, -0.1) is 20.4 Å². The molecular weight excluding hydrogens is 554 g/mol. The van der Waals surface area contributed by atoms with Crippen LogP contribution in [0.5, 0.6) is 0 Å². The summed E-state index contributed by atoms with van der Waals surface area (Å²) in [7, 11) is 0. The average Bonchev–Trinajstić information content (AvgIpc) is 3.46. The van der Waals surface area contributed by atoms with Crippen molar-refractivity contribution < 1.29 is 4.79 Å². The number of nitrogens with one attached hydrogen (secondary N) is 3. The Balaban J connectivity index is 1.13. The topological polar surface area (TPSA) is 105 Å². The summed E-state index contributed by atoms with van der Waals surface area (Å²) in [6.45, 7) is 2.00. The van der Waals surface area contributed by atoms with E-state index < -0.39 is 0 Å². The number of anilines is 4. The number of amides is 2. The molecule has 2 heterocycles. The molecule has 0 radical (unpaired) electrons. The number of aromatic nitrogens is 4. The highest BCUT2D eigenvalue weighted by atomic mass is 79.9. The Morgan fingerprint density at radius 3 is 2.09 bits per heavy atom. The molecule has 4 rings (SSSR count). The van der Waals surface area contributed by atoms with E-state index in [0.717, 1.165) is 60.9 Å². The summed E-state index contributed by atoms with van der Waals surface area (Å²) in [4.78, 5) is 12.1. The van der Waals surface area contributed by atoms with Crippen LogP contribution in [0.3, 0.4) is 0 Å². The van der Waals surface area contributed by atoms with Crippen LogP contribution in [0.15, 0.2) is 53.0 Å². The predicted molar refractivity (Wildman–Crippen MR) is 146 cm³/mol.